The van der Waals surface area contributed by atoms with Crippen LogP contribution in [-0.2, 0) is 6.61 Å². The molecular weight excluding hydrogens is 534 g/mol. The summed E-state index contributed by atoms with van der Waals surface area (Å²) in [6, 6.07) is 18.0. The van der Waals surface area contributed by atoms with Crippen LogP contribution in [0.5, 0.6) is 17.2 Å². The number of carbonyl (C=O) groups excluding carboxylic acids is 1. The maximum absolute atomic E-state index is 12.5. The quantitative estimate of drug-likeness (QED) is 0.182. The van der Waals surface area contributed by atoms with Gasteiger partial charge < -0.3 is 14.2 Å². The average molecular weight is 555 g/mol. The Hall–Kier alpha value is -3.62. The van der Waals surface area contributed by atoms with Crippen LogP contribution in [0.1, 0.15) is 21.6 Å². The van der Waals surface area contributed by atoms with Crippen LogP contribution in [0.2, 0.25) is 5.02 Å². The van der Waals surface area contributed by atoms with Crippen LogP contribution < -0.4 is 14.2 Å². The molecule has 0 bridgehead atoms. The van der Waals surface area contributed by atoms with Gasteiger partial charge in [-0.05, 0) is 66.2 Å². The predicted molar refractivity (Wildman–Crippen MR) is 138 cm³/mol. The van der Waals surface area contributed by atoms with E-state index in [1.807, 2.05) is 24.3 Å². The lowest BCUT2D eigenvalue weighted by molar-refractivity contribution is 0.104. The second kappa shape index (κ2) is 11.2. The van der Waals surface area contributed by atoms with E-state index in [1.165, 1.54) is 20.3 Å². The molecule has 0 atom stereocenters. The van der Waals surface area contributed by atoms with Crippen molar-refractivity contribution >= 4 is 39.4 Å². The molecule has 178 valence electrons. The van der Waals surface area contributed by atoms with Crippen molar-refractivity contribution in [1.82, 2.24) is 15.0 Å². The Balaban J connectivity index is 1.50. The molecule has 0 N–H and O–H groups in total. The number of rotatable bonds is 9. The van der Waals surface area contributed by atoms with Crippen molar-refractivity contribution in [2.24, 2.45) is 0 Å². The Morgan fingerprint density at radius 3 is 2.43 bits per heavy atom. The molecule has 0 radical (unpaired) electrons. The van der Waals surface area contributed by atoms with Crippen LogP contribution >= 0.6 is 27.5 Å². The van der Waals surface area contributed by atoms with E-state index in [0.29, 0.717) is 33.5 Å². The largest absolute Gasteiger partial charge is 0.493 e. The number of nitrogens with zero attached hydrogens (tertiary/aromatic N) is 3. The van der Waals surface area contributed by atoms with E-state index < -0.39 is 0 Å². The van der Waals surface area contributed by atoms with E-state index in [1.54, 1.807) is 53.4 Å². The van der Waals surface area contributed by atoms with E-state index in [0.717, 1.165) is 15.7 Å². The number of ketones is 1. The number of hydrogen-bond donors (Lipinski definition) is 0. The van der Waals surface area contributed by atoms with Crippen LogP contribution in [0.15, 0.2) is 77.4 Å². The molecule has 0 aliphatic carbocycles. The monoisotopic (exact) mass is 553 g/mol. The maximum atomic E-state index is 12.5. The zero-order valence-corrected chi connectivity index (χ0v) is 21.3. The molecule has 0 saturated carbocycles. The number of halogens is 2. The molecule has 0 saturated heterocycles. The molecular formula is C26H21BrClN3O4. The molecule has 0 fully saturated rings. The highest BCUT2D eigenvalue weighted by Crippen LogP contribution is 2.39. The molecule has 0 amide bonds. The molecule has 3 aromatic carbocycles. The summed E-state index contributed by atoms with van der Waals surface area (Å²) < 4.78 is 19.6. The Labute approximate surface area is 216 Å². The summed E-state index contributed by atoms with van der Waals surface area (Å²) in [6.45, 7) is 0.143. The summed E-state index contributed by atoms with van der Waals surface area (Å²) in [5.41, 5.74) is 2.72. The number of benzene rings is 3. The minimum atomic E-state index is -0.112. The topological polar surface area (TPSA) is 75.5 Å². The highest BCUT2D eigenvalue weighted by atomic mass is 79.9. The van der Waals surface area contributed by atoms with Crippen LogP contribution in [0, 0.1) is 0 Å². The van der Waals surface area contributed by atoms with E-state index in [-0.39, 0.29) is 12.4 Å². The lowest BCUT2D eigenvalue weighted by Crippen LogP contribution is -2.01. The minimum Gasteiger partial charge on any atom is -0.493 e. The van der Waals surface area contributed by atoms with Gasteiger partial charge in [0.05, 0.1) is 26.1 Å². The van der Waals surface area contributed by atoms with Crippen molar-refractivity contribution in [1.29, 1.82) is 0 Å². The fourth-order valence-electron chi connectivity index (χ4n) is 3.28. The van der Waals surface area contributed by atoms with Gasteiger partial charge >= 0.3 is 0 Å². The standard InChI is InChI=1S/C26H21BrClN3O4/c1-33-24-12-17(6-11-23(32)18-7-9-19(27)10-8-18)13-25(34-2)26(24)35-16-21-15-31(30-29-21)22-5-3-4-20(28)14-22/h3-15H,16H2,1-2H3/b11-6+. The first-order chi connectivity index (χ1) is 17.0. The van der Waals surface area contributed by atoms with Crippen LogP contribution in [-0.4, -0.2) is 35.0 Å². The Morgan fingerprint density at radius 2 is 1.77 bits per heavy atom. The molecule has 1 aromatic heterocycles. The Morgan fingerprint density at radius 1 is 1.06 bits per heavy atom. The molecule has 7 nitrogen and oxygen atoms in total. The first-order valence-corrected chi connectivity index (χ1v) is 11.7. The summed E-state index contributed by atoms with van der Waals surface area (Å²) in [5, 5.41) is 8.90. The summed E-state index contributed by atoms with van der Waals surface area (Å²) in [4.78, 5) is 12.5. The third kappa shape index (κ3) is 6.09. The van der Waals surface area contributed by atoms with Gasteiger partial charge in [0.25, 0.3) is 0 Å². The van der Waals surface area contributed by atoms with Crippen molar-refractivity contribution in [3.05, 3.63) is 99.3 Å². The lowest BCUT2D eigenvalue weighted by Gasteiger charge is -2.14. The third-order valence-corrected chi connectivity index (χ3v) is 5.78. The van der Waals surface area contributed by atoms with Gasteiger partial charge in [0.15, 0.2) is 17.3 Å². The van der Waals surface area contributed by atoms with Crippen LogP contribution in [0.3, 0.4) is 0 Å². The zero-order valence-electron chi connectivity index (χ0n) is 18.9. The first-order valence-electron chi connectivity index (χ1n) is 10.5. The van der Waals surface area contributed by atoms with Crippen molar-refractivity contribution in [3.63, 3.8) is 0 Å². The van der Waals surface area contributed by atoms with Crippen molar-refractivity contribution in [2.45, 2.75) is 6.61 Å². The number of hydrogen-bond acceptors (Lipinski definition) is 6. The predicted octanol–water partition coefficient (Wildman–Crippen LogP) is 6.18. The number of aromatic nitrogens is 3. The normalized spacial score (nSPS) is 11.0. The van der Waals surface area contributed by atoms with Gasteiger partial charge in [-0.1, -0.05) is 44.9 Å². The number of allylic oxidation sites excluding steroid dienone is 1. The van der Waals surface area contributed by atoms with E-state index >= 15 is 0 Å². The number of methoxy groups -OCH3 is 2. The summed E-state index contributed by atoms with van der Waals surface area (Å²) >= 11 is 9.43. The molecule has 0 aliphatic rings. The maximum Gasteiger partial charge on any atom is 0.203 e. The molecule has 0 spiro atoms. The second-order valence-electron chi connectivity index (χ2n) is 7.38. The van der Waals surface area contributed by atoms with Crippen LogP contribution in [0.25, 0.3) is 11.8 Å². The molecule has 0 aliphatic heterocycles. The minimum absolute atomic E-state index is 0.112. The number of ether oxygens (including phenoxy) is 3. The van der Waals surface area contributed by atoms with Crippen molar-refractivity contribution in [3.8, 4) is 22.9 Å². The SMILES string of the molecule is COc1cc(/C=C/C(=O)c2ccc(Br)cc2)cc(OC)c1OCc1cn(-c2cccc(Cl)c2)nn1. The summed E-state index contributed by atoms with van der Waals surface area (Å²) in [6.07, 6.45) is 4.97. The first kappa shape index (κ1) is 24.5. The highest BCUT2D eigenvalue weighted by Gasteiger charge is 2.15. The third-order valence-electron chi connectivity index (χ3n) is 5.02. The summed E-state index contributed by atoms with van der Waals surface area (Å²) in [7, 11) is 3.08. The lowest BCUT2D eigenvalue weighted by atomic mass is 10.1. The van der Waals surface area contributed by atoms with E-state index in [9.17, 15) is 4.79 Å². The average Bonchev–Trinajstić information content (AvgIpc) is 3.35. The van der Waals surface area contributed by atoms with E-state index in [2.05, 4.69) is 26.2 Å². The van der Waals surface area contributed by atoms with Gasteiger partial charge in [-0.15, -0.1) is 5.10 Å². The zero-order chi connectivity index (χ0) is 24.8. The smallest absolute Gasteiger partial charge is 0.203 e. The van der Waals surface area contributed by atoms with Gasteiger partial charge in [-0.2, -0.15) is 0 Å². The molecule has 0 unspecified atom stereocenters. The Kier molecular flexibility index (Phi) is 7.84. The molecule has 4 aromatic rings. The van der Waals surface area contributed by atoms with Gasteiger partial charge in [-0.25, -0.2) is 4.68 Å². The molecule has 4 rings (SSSR count). The van der Waals surface area contributed by atoms with Crippen molar-refractivity contribution in [2.75, 3.05) is 14.2 Å². The fourth-order valence-corrected chi connectivity index (χ4v) is 3.73. The molecule has 9 heteroatoms. The van der Waals surface area contributed by atoms with Gasteiger partial charge in [-0.3, -0.25) is 4.79 Å². The van der Waals surface area contributed by atoms with Gasteiger partial charge in [0.1, 0.15) is 12.3 Å². The van der Waals surface area contributed by atoms with Gasteiger partial charge in [0.2, 0.25) is 5.75 Å². The van der Waals surface area contributed by atoms with E-state index in [4.69, 9.17) is 25.8 Å². The molecule has 1 heterocycles. The number of carbonyl (C=O) groups is 1. The fraction of sp³-hybridized carbons (Fsp3) is 0.115. The highest BCUT2D eigenvalue weighted by molar-refractivity contribution is 9.10. The van der Waals surface area contributed by atoms with Crippen LogP contribution in [0.4, 0.5) is 0 Å². The summed E-state index contributed by atoms with van der Waals surface area (Å²) in [5.74, 6) is 1.23. The second-order valence-corrected chi connectivity index (χ2v) is 8.73. The Bertz CT molecular complexity index is 1340. The van der Waals surface area contributed by atoms with Gasteiger partial charge in [0, 0.05) is 15.1 Å². The molecule has 35 heavy (non-hydrogen) atoms. The van der Waals surface area contributed by atoms with Crippen molar-refractivity contribution < 1.29 is 19.0 Å².